The highest BCUT2D eigenvalue weighted by atomic mass is 35.5. The van der Waals surface area contributed by atoms with E-state index in [1.54, 1.807) is 36.2 Å². The second-order valence-corrected chi connectivity index (χ2v) is 7.53. The summed E-state index contributed by atoms with van der Waals surface area (Å²) in [6.45, 7) is 0. The molecule has 0 radical (unpaired) electrons. The lowest BCUT2D eigenvalue weighted by molar-refractivity contribution is -0.115. The van der Waals surface area contributed by atoms with E-state index >= 15 is 0 Å². The third kappa shape index (κ3) is 5.49. The summed E-state index contributed by atoms with van der Waals surface area (Å²) in [4.78, 5) is 17.4. The maximum atomic E-state index is 12.2. The number of carbonyl (C=O) groups is 1. The van der Waals surface area contributed by atoms with Crippen LogP contribution in [0.15, 0.2) is 71.9 Å². The van der Waals surface area contributed by atoms with Crippen molar-refractivity contribution in [3.05, 3.63) is 88.2 Å². The molecule has 0 atom stereocenters. The Balaban J connectivity index is 1.54. The van der Waals surface area contributed by atoms with Crippen LogP contribution in [0.3, 0.4) is 0 Å². The van der Waals surface area contributed by atoms with Gasteiger partial charge in [-0.25, -0.2) is 0 Å². The molecule has 3 nitrogen and oxygen atoms in total. The Morgan fingerprint density at radius 2 is 1.88 bits per heavy atom. The molecule has 0 unspecified atom stereocenters. The van der Waals surface area contributed by atoms with Gasteiger partial charge in [-0.2, -0.15) is 0 Å². The smallest absolute Gasteiger partial charge is 0.228 e. The monoisotopic (exact) mass is 402 g/mol. The molecule has 1 heterocycles. The van der Waals surface area contributed by atoms with Gasteiger partial charge < -0.3 is 5.32 Å². The summed E-state index contributed by atoms with van der Waals surface area (Å²) in [5.41, 5.74) is 2.68. The van der Waals surface area contributed by atoms with E-state index in [1.807, 2.05) is 36.5 Å². The zero-order chi connectivity index (χ0) is 18.4. The molecule has 1 N–H and O–H groups in total. The molecule has 0 aliphatic rings. The largest absolute Gasteiger partial charge is 0.326 e. The Morgan fingerprint density at radius 3 is 2.58 bits per heavy atom. The van der Waals surface area contributed by atoms with Crippen LogP contribution in [-0.4, -0.2) is 10.9 Å². The van der Waals surface area contributed by atoms with Gasteiger partial charge in [0.05, 0.1) is 6.42 Å². The predicted octanol–water partition coefficient (Wildman–Crippen LogP) is 5.86. The van der Waals surface area contributed by atoms with Crippen molar-refractivity contribution in [2.24, 2.45) is 0 Å². The van der Waals surface area contributed by atoms with Gasteiger partial charge in [0.25, 0.3) is 0 Å². The van der Waals surface area contributed by atoms with Gasteiger partial charge in [0.1, 0.15) is 0 Å². The van der Waals surface area contributed by atoms with E-state index in [0.717, 1.165) is 21.9 Å². The van der Waals surface area contributed by atoms with Crippen molar-refractivity contribution in [2.45, 2.75) is 17.1 Å². The Kier molecular flexibility index (Phi) is 6.56. The molecule has 0 saturated heterocycles. The molecule has 1 aromatic heterocycles. The number of nitrogens with one attached hydrogen (secondary N) is 1. The molecular weight excluding hydrogens is 387 g/mol. The maximum Gasteiger partial charge on any atom is 0.228 e. The van der Waals surface area contributed by atoms with Crippen LogP contribution < -0.4 is 5.32 Å². The zero-order valence-corrected chi connectivity index (χ0v) is 16.1. The summed E-state index contributed by atoms with van der Waals surface area (Å²) in [6.07, 6.45) is 3.83. The second kappa shape index (κ2) is 9.08. The number of benzene rings is 2. The number of aromatic nitrogens is 1. The number of halogens is 2. The van der Waals surface area contributed by atoms with Gasteiger partial charge in [-0.3, -0.25) is 9.78 Å². The van der Waals surface area contributed by atoms with Gasteiger partial charge in [0.15, 0.2) is 0 Å². The van der Waals surface area contributed by atoms with E-state index in [4.69, 9.17) is 23.2 Å². The molecule has 0 fully saturated rings. The number of pyridine rings is 1. The molecule has 6 heteroatoms. The van der Waals surface area contributed by atoms with E-state index < -0.39 is 0 Å². The van der Waals surface area contributed by atoms with Gasteiger partial charge in [0.2, 0.25) is 5.91 Å². The average Bonchev–Trinajstić information content (AvgIpc) is 2.64. The first kappa shape index (κ1) is 18.8. The van der Waals surface area contributed by atoms with Gasteiger partial charge >= 0.3 is 0 Å². The lowest BCUT2D eigenvalue weighted by Gasteiger charge is -2.08. The average molecular weight is 403 g/mol. The highest BCUT2D eigenvalue weighted by Gasteiger charge is 2.08. The quantitative estimate of drug-likeness (QED) is 0.524. The van der Waals surface area contributed by atoms with Crippen LogP contribution in [0.25, 0.3) is 0 Å². The molecule has 26 heavy (non-hydrogen) atoms. The highest BCUT2D eigenvalue weighted by molar-refractivity contribution is 7.98. The molecule has 2 aromatic carbocycles. The number of amides is 1. The van der Waals surface area contributed by atoms with Crippen molar-refractivity contribution in [3.63, 3.8) is 0 Å². The zero-order valence-electron chi connectivity index (χ0n) is 13.8. The minimum Gasteiger partial charge on any atom is -0.326 e. The van der Waals surface area contributed by atoms with E-state index in [-0.39, 0.29) is 12.3 Å². The van der Waals surface area contributed by atoms with Crippen LogP contribution in [-0.2, 0) is 17.0 Å². The second-order valence-electron chi connectivity index (χ2n) is 5.64. The summed E-state index contributed by atoms with van der Waals surface area (Å²) in [5, 5.41) is 3.93. The van der Waals surface area contributed by atoms with Gasteiger partial charge in [-0.1, -0.05) is 35.3 Å². The van der Waals surface area contributed by atoms with Crippen molar-refractivity contribution in [3.8, 4) is 0 Å². The van der Waals surface area contributed by atoms with E-state index in [2.05, 4.69) is 16.4 Å². The van der Waals surface area contributed by atoms with Crippen molar-refractivity contribution in [1.29, 1.82) is 0 Å². The molecule has 132 valence electrons. The van der Waals surface area contributed by atoms with Gasteiger partial charge in [-0.15, -0.1) is 11.8 Å². The molecule has 0 spiro atoms. The minimum absolute atomic E-state index is 0.120. The normalized spacial score (nSPS) is 10.5. The topological polar surface area (TPSA) is 42.0 Å². The fraction of sp³-hybridized carbons (Fsp3) is 0.100. The molecule has 0 bridgehead atoms. The molecular formula is C20H16Cl2N2OS. The lowest BCUT2D eigenvalue weighted by Crippen LogP contribution is -2.14. The summed E-state index contributed by atoms with van der Waals surface area (Å²) in [7, 11) is 0. The molecule has 1 amide bonds. The van der Waals surface area contributed by atoms with E-state index in [0.29, 0.717) is 10.0 Å². The Morgan fingerprint density at radius 1 is 1.08 bits per heavy atom. The molecule has 0 saturated carbocycles. The van der Waals surface area contributed by atoms with E-state index in [9.17, 15) is 4.79 Å². The maximum absolute atomic E-state index is 12.2. The number of hydrogen-bond acceptors (Lipinski definition) is 3. The predicted molar refractivity (Wildman–Crippen MR) is 109 cm³/mol. The molecule has 3 rings (SSSR count). The van der Waals surface area contributed by atoms with Crippen LogP contribution in [0.5, 0.6) is 0 Å². The standard InChI is InChI=1S/C20H16Cl2N2OS/c21-16-4-3-15(19(22)11-16)10-20(25)24-17-5-7-18(8-6-17)26-13-14-2-1-9-23-12-14/h1-9,11-12H,10,13H2,(H,24,25). The Hall–Kier alpha value is -2.01. The summed E-state index contributed by atoms with van der Waals surface area (Å²) >= 11 is 13.7. The van der Waals surface area contributed by atoms with Gasteiger partial charge in [-0.05, 0) is 53.6 Å². The number of hydrogen-bond donors (Lipinski definition) is 1. The first-order valence-electron chi connectivity index (χ1n) is 7.96. The Bertz CT molecular complexity index is 886. The molecule has 0 aliphatic heterocycles. The minimum atomic E-state index is -0.120. The van der Waals surface area contributed by atoms with E-state index in [1.165, 1.54) is 5.56 Å². The molecule has 3 aromatic rings. The first-order valence-corrected chi connectivity index (χ1v) is 9.70. The van der Waals surface area contributed by atoms with Crippen LogP contribution in [0.1, 0.15) is 11.1 Å². The Labute approximate surface area is 166 Å². The summed E-state index contributed by atoms with van der Waals surface area (Å²) in [5.74, 6) is 0.735. The first-order chi connectivity index (χ1) is 12.6. The van der Waals surface area contributed by atoms with Crippen molar-refractivity contribution in [2.75, 3.05) is 5.32 Å². The lowest BCUT2D eigenvalue weighted by atomic mass is 10.1. The SMILES string of the molecule is O=C(Cc1ccc(Cl)cc1Cl)Nc1ccc(SCc2cccnc2)cc1. The third-order valence-corrected chi connectivity index (χ3v) is 5.30. The fourth-order valence-electron chi connectivity index (χ4n) is 2.33. The fourth-order valence-corrected chi connectivity index (χ4v) is 3.64. The van der Waals surface area contributed by atoms with Crippen molar-refractivity contribution < 1.29 is 4.79 Å². The highest BCUT2D eigenvalue weighted by Crippen LogP contribution is 2.25. The number of rotatable bonds is 6. The van der Waals surface area contributed by atoms with Crippen LogP contribution in [0, 0.1) is 0 Å². The summed E-state index contributed by atoms with van der Waals surface area (Å²) in [6, 6.07) is 16.9. The summed E-state index contributed by atoms with van der Waals surface area (Å²) < 4.78 is 0. The van der Waals surface area contributed by atoms with Crippen LogP contribution in [0.2, 0.25) is 10.0 Å². The number of thioether (sulfide) groups is 1. The van der Waals surface area contributed by atoms with Crippen LogP contribution in [0.4, 0.5) is 5.69 Å². The number of nitrogens with zero attached hydrogens (tertiary/aromatic N) is 1. The number of carbonyl (C=O) groups excluding carboxylic acids is 1. The number of anilines is 1. The third-order valence-electron chi connectivity index (χ3n) is 3.63. The van der Waals surface area contributed by atoms with Crippen LogP contribution >= 0.6 is 35.0 Å². The van der Waals surface area contributed by atoms with Crippen molar-refractivity contribution in [1.82, 2.24) is 4.98 Å². The van der Waals surface area contributed by atoms with Gasteiger partial charge in [0, 0.05) is 38.8 Å². The van der Waals surface area contributed by atoms with Crippen molar-refractivity contribution >= 4 is 46.6 Å². The molecule has 0 aliphatic carbocycles.